The van der Waals surface area contributed by atoms with Crippen molar-refractivity contribution in [2.24, 2.45) is 0 Å². The van der Waals surface area contributed by atoms with Crippen LogP contribution in [0.5, 0.6) is 0 Å². The number of hydrogen-bond acceptors (Lipinski definition) is 3. The number of nitrogens with one attached hydrogen (secondary N) is 1. The van der Waals surface area contributed by atoms with Gasteiger partial charge in [0.2, 0.25) is 0 Å². The van der Waals surface area contributed by atoms with E-state index < -0.39 is 7.26 Å². The molecule has 29 heavy (non-hydrogen) atoms. The van der Waals surface area contributed by atoms with Crippen molar-refractivity contribution in [3.05, 3.63) is 102 Å². The van der Waals surface area contributed by atoms with Crippen LogP contribution in [0, 0.1) is 0 Å². The van der Waals surface area contributed by atoms with E-state index in [0.717, 1.165) is 11.9 Å². The fourth-order valence-electron chi connectivity index (χ4n) is 3.84. The first kappa shape index (κ1) is 19.5. The monoisotopic (exact) mass is 418 g/mol. The van der Waals surface area contributed by atoms with E-state index in [2.05, 4.69) is 102 Å². The molecule has 1 heterocycles. The van der Waals surface area contributed by atoms with Crippen LogP contribution in [0.2, 0.25) is 0 Å². The molecular weight excluding hydrogens is 395 g/mol. The predicted octanol–water partition coefficient (Wildman–Crippen LogP) is 4.33. The van der Waals surface area contributed by atoms with Gasteiger partial charge >= 0.3 is 176 Å². The summed E-state index contributed by atoms with van der Waals surface area (Å²) >= 11 is 1.48. The Bertz CT molecular complexity index is 985. The van der Waals surface area contributed by atoms with Crippen LogP contribution in [0.4, 0.5) is 5.13 Å². The molecule has 1 amide bonds. The summed E-state index contributed by atoms with van der Waals surface area (Å²) in [6.07, 6.45) is 0.834. The molecule has 0 aliphatic rings. The third-order valence-corrected chi connectivity index (χ3v) is 10.7. The maximum absolute atomic E-state index is 11.4. The van der Waals surface area contributed by atoms with Crippen molar-refractivity contribution < 1.29 is 4.79 Å². The molecule has 1 N–H and O–H groups in total. The number of carbonyl (C=O) groups is 1. The van der Waals surface area contributed by atoms with Crippen molar-refractivity contribution in [3.63, 3.8) is 0 Å². The summed E-state index contributed by atoms with van der Waals surface area (Å²) in [6.45, 7) is 1.51. The van der Waals surface area contributed by atoms with Gasteiger partial charge in [-0.2, -0.15) is 0 Å². The van der Waals surface area contributed by atoms with Crippen LogP contribution >= 0.6 is 18.6 Å². The maximum atomic E-state index is 11.4. The van der Waals surface area contributed by atoms with Crippen LogP contribution in [0.25, 0.3) is 0 Å². The molecule has 3 aromatic carbocycles. The van der Waals surface area contributed by atoms with E-state index in [1.54, 1.807) is 0 Å². The van der Waals surface area contributed by atoms with Gasteiger partial charge in [-0.25, -0.2) is 0 Å². The summed E-state index contributed by atoms with van der Waals surface area (Å²) in [7, 11) is -2.36. The van der Waals surface area contributed by atoms with Gasteiger partial charge in [0.05, 0.1) is 0 Å². The molecular formula is C24H23N2OPS. The number of benzene rings is 3. The van der Waals surface area contributed by atoms with E-state index in [4.69, 9.17) is 4.98 Å². The molecule has 0 spiro atoms. The summed E-state index contributed by atoms with van der Waals surface area (Å²) in [5.41, 5.74) is 1.02. The Labute approximate surface area is 175 Å². The normalized spacial score (nSPS) is 11.8. The van der Waals surface area contributed by atoms with Crippen molar-refractivity contribution in [2.75, 3.05) is 5.32 Å². The van der Waals surface area contributed by atoms with Gasteiger partial charge < -0.3 is 0 Å². The van der Waals surface area contributed by atoms with Gasteiger partial charge in [-0.05, 0) is 0 Å². The molecule has 0 radical (unpaired) electrons. The minimum absolute atomic E-state index is 0.0939. The Hall–Kier alpha value is -2.81. The number of rotatable bonds is 6. The number of carbonyl (C=O) groups excluding carboxylic acids is 1. The van der Waals surface area contributed by atoms with Crippen LogP contribution in [0.3, 0.4) is 0 Å². The number of anilines is 1. The molecule has 0 saturated carbocycles. The van der Waals surface area contributed by atoms with Gasteiger partial charge in [0.15, 0.2) is 0 Å². The zero-order chi connectivity index (χ0) is 20.1. The Morgan fingerprint density at radius 2 is 1.28 bits per heavy atom. The Kier molecular flexibility index (Phi) is 5.84. The SMILES string of the molecule is CC(=O)Nc1nc(C[PH](c2ccccc2)(c2ccccc2)c2ccccc2)cs1. The number of amides is 1. The van der Waals surface area contributed by atoms with Crippen LogP contribution < -0.4 is 21.2 Å². The van der Waals surface area contributed by atoms with E-state index in [0.29, 0.717) is 5.13 Å². The molecule has 4 rings (SSSR count). The van der Waals surface area contributed by atoms with E-state index in [9.17, 15) is 4.79 Å². The van der Waals surface area contributed by atoms with Gasteiger partial charge in [-0.3, -0.25) is 0 Å². The van der Waals surface area contributed by atoms with Crippen molar-refractivity contribution in [1.82, 2.24) is 4.98 Å². The quantitative estimate of drug-likeness (QED) is 0.474. The zero-order valence-electron chi connectivity index (χ0n) is 16.2. The van der Waals surface area contributed by atoms with E-state index in [1.807, 2.05) is 0 Å². The second-order valence-electron chi connectivity index (χ2n) is 7.01. The molecule has 0 unspecified atom stereocenters. The molecule has 0 aliphatic heterocycles. The third kappa shape index (κ3) is 4.14. The molecule has 5 heteroatoms. The fraction of sp³-hybridized carbons (Fsp3) is 0.0833. The molecule has 0 atom stereocenters. The topological polar surface area (TPSA) is 42.0 Å². The summed E-state index contributed by atoms with van der Waals surface area (Å²) in [6, 6.07) is 32.4. The van der Waals surface area contributed by atoms with Crippen LogP contribution in [0.15, 0.2) is 96.4 Å². The molecule has 3 nitrogen and oxygen atoms in total. The van der Waals surface area contributed by atoms with Gasteiger partial charge in [-0.15, -0.1) is 0 Å². The zero-order valence-corrected chi connectivity index (χ0v) is 18.0. The molecule has 4 aromatic rings. The average Bonchev–Trinajstić information content (AvgIpc) is 3.20. The molecule has 0 aliphatic carbocycles. The number of aromatic nitrogens is 1. The average molecular weight is 419 g/mol. The first-order chi connectivity index (χ1) is 14.2. The van der Waals surface area contributed by atoms with Gasteiger partial charge in [0, 0.05) is 0 Å². The van der Waals surface area contributed by atoms with Crippen LogP contribution in [-0.4, -0.2) is 10.9 Å². The Balaban J connectivity index is 1.90. The first-order valence-electron chi connectivity index (χ1n) is 9.57. The first-order valence-corrected chi connectivity index (χ1v) is 12.7. The summed E-state index contributed by atoms with van der Waals surface area (Å²) in [4.78, 5) is 16.2. The summed E-state index contributed by atoms with van der Waals surface area (Å²) in [5, 5.41) is 9.60. The van der Waals surface area contributed by atoms with E-state index in [-0.39, 0.29) is 5.91 Å². The van der Waals surface area contributed by atoms with Crippen LogP contribution in [0.1, 0.15) is 12.6 Å². The van der Waals surface area contributed by atoms with Crippen LogP contribution in [-0.2, 0) is 11.0 Å². The minimum atomic E-state index is -2.36. The second kappa shape index (κ2) is 8.69. The Morgan fingerprint density at radius 3 is 1.69 bits per heavy atom. The van der Waals surface area contributed by atoms with Gasteiger partial charge in [0.25, 0.3) is 0 Å². The molecule has 0 fully saturated rings. The van der Waals surface area contributed by atoms with Crippen molar-refractivity contribution in [1.29, 1.82) is 0 Å². The summed E-state index contributed by atoms with van der Waals surface area (Å²) < 4.78 is 0. The molecule has 1 aromatic heterocycles. The number of hydrogen-bond donors (Lipinski definition) is 1. The molecule has 0 saturated heterocycles. The summed E-state index contributed by atoms with van der Waals surface area (Å²) in [5.74, 6) is -0.0939. The Morgan fingerprint density at radius 1 is 0.828 bits per heavy atom. The second-order valence-corrected chi connectivity index (χ2v) is 11.8. The predicted molar refractivity (Wildman–Crippen MR) is 127 cm³/mol. The van der Waals surface area contributed by atoms with E-state index >= 15 is 0 Å². The van der Waals surface area contributed by atoms with Gasteiger partial charge in [0.1, 0.15) is 0 Å². The van der Waals surface area contributed by atoms with Crippen molar-refractivity contribution in [3.8, 4) is 0 Å². The fourth-order valence-corrected chi connectivity index (χ4v) is 9.37. The number of nitrogens with zero attached hydrogens (tertiary/aromatic N) is 1. The molecule has 146 valence electrons. The van der Waals surface area contributed by atoms with Crippen molar-refractivity contribution in [2.45, 2.75) is 13.1 Å². The van der Waals surface area contributed by atoms with Crippen molar-refractivity contribution >= 4 is 45.6 Å². The molecule has 0 bridgehead atoms. The van der Waals surface area contributed by atoms with E-state index in [1.165, 1.54) is 34.2 Å². The standard InChI is InChI=1S/C24H23N2OPS/c1-19(27)25-24-26-20(18-29-24)17-28(21-11-5-2-6-12-21,22-13-7-3-8-14-22)23-15-9-4-10-16-23/h2-16,18,28H,17H2,1H3,(H,25,26,27). The van der Waals surface area contributed by atoms with Gasteiger partial charge in [-0.1, -0.05) is 0 Å². The third-order valence-electron chi connectivity index (χ3n) is 5.08. The number of thiazole rings is 1.